The van der Waals surface area contributed by atoms with Gasteiger partial charge in [-0.2, -0.15) is 0 Å². The van der Waals surface area contributed by atoms with Crippen molar-refractivity contribution in [1.29, 1.82) is 0 Å². The zero-order valence-electron chi connectivity index (χ0n) is 8.51. The molecule has 0 bridgehead atoms. The maximum Gasteiger partial charge on any atom is 0.321 e. The molecule has 0 rings (SSSR count). The first-order valence-electron chi connectivity index (χ1n) is 4.09. The van der Waals surface area contributed by atoms with Crippen LogP contribution in [0.1, 0.15) is 24.8 Å². The molecule has 0 aliphatic carbocycles. The molecule has 0 aliphatic rings. The summed E-state index contributed by atoms with van der Waals surface area (Å²) in [6.45, 7) is 0.280. The monoisotopic (exact) mass is 134 g/mol. The Morgan fingerprint density at radius 3 is 2.44 bits per heavy atom. The normalized spacial score (nSPS) is 21.4. The molecule has 0 aromatic carbocycles. The molecule has 1 atom stereocenters. The minimum atomic E-state index is -2.36. The number of nitrogens with two attached hydrogens (primary N) is 1. The standard InChI is InChI=1S/C6H13NO2/c1-6(2,3)4(7)5(8)9/h4H,7H2,1-3H3,(H,8,9)/t4-/m1/s1/i1D3. The Hall–Kier alpha value is -0.570. The lowest BCUT2D eigenvalue weighted by atomic mass is 9.88. The highest BCUT2D eigenvalue weighted by atomic mass is 16.4. The van der Waals surface area contributed by atoms with E-state index < -0.39 is 24.3 Å². The highest BCUT2D eigenvalue weighted by Gasteiger charge is 2.26. The van der Waals surface area contributed by atoms with Gasteiger partial charge in [-0.25, -0.2) is 0 Å². The summed E-state index contributed by atoms with van der Waals surface area (Å²) >= 11 is 0. The van der Waals surface area contributed by atoms with Crippen LogP contribution in [0, 0.1) is 5.41 Å². The van der Waals surface area contributed by atoms with Crippen molar-refractivity contribution in [2.45, 2.75) is 26.7 Å². The van der Waals surface area contributed by atoms with Crippen LogP contribution in [0.3, 0.4) is 0 Å². The summed E-state index contributed by atoms with van der Waals surface area (Å²) in [5.41, 5.74) is 3.82. The second kappa shape index (κ2) is 2.35. The molecule has 9 heavy (non-hydrogen) atoms. The maximum absolute atomic E-state index is 10.4. The Kier molecular flexibility index (Phi) is 1.12. The second-order valence-corrected chi connectivity index (χ2v) is 2.54. The van der Waals surface area contributed by atoms with E-state index in [4.69, 9.17) is 15.0 Å². The van der Waals surface area contributed by atoms with Crippen molar-refractivity contribution in [1.82, 2.24) is 0 Å². The van der Waals surface area contributed by atoms with Gasteiger partial charge in [0.05, 0.1) is 0 Å². The number of carboxylic acid groups (broad SMARTS) is 1. The zero-order chi connectivity index (χ0) is 10.2. The first-order valence-corrected chi connectivity index (χ1v) is 2.59. The molecule has 0 fully saturated rings. The van der Waals surface area contributed by atoms with Gasteiger partial charge in [0.2, 0.25) is 0 Å². The molecule has 3 N–H and O–H groups in total. The first kappa shape index (κ1) is 4.28. The van der Waals surface area contributed by atoms with Crippen molar-refractivity contribution in [3.8, 4) is 0 Å². The zero-order valence-corrected chi connectivity index (χ0v) is 5.51. The first-order chi connectivity index (χ1) is 5.10. The Bertz CT molecular complexity index is 188. The number of aliphatic carboxylic acids is 1. The number of hydrogen-bond acceptors (Lipinski definition) is 2. The topological polar surface area (TPSA) is 63.3 Å². The lowest BCUT2D eigenvalue weighted by Crippen LogP contribution is -2.41. The van der Waals surface area contributed by atoms with Crippen LogP contribution in [0.2, 0.25) is 0 Å². The van der Waals surface area contributed by atoms with Crippen LogP contribution in [-0.2, 0) is 4.79 Å². The van der Waals surface area contributed by atoms with Gasteiger partial charge >= 0.3 is 5.97 Å². The molecule has 0 saturated heterocycles. The van der Waals surface area contributed by atoms with Crippen LogP contribution in [0.4, 0.5) is 0 Å². The average molecular weight is 134 g/mol. The van der Waals surface area contributed by atoms with Crippen molar-refractivity contribution in [2.75, 3.05) is 0 Å². The number of carbonyl (C=O) groups is 1. The summed E-state index contributed by atoms with van der Waals surface area (Å²) in [6, 6.07) is -1.37. The van der Waals surface area contributed by atoms with Crippen LogP contribution >= 0.6 is 0 Å². The van der Waals surface area contributed by atoms with Crippen LogP contribution in [-0.4, -0.2) is 17.1 Å². The van der Waals surface area contributed by atoms with E-state index in [1.807, 2.05) is 0 Å². The molecule has 0 heterocycles. The van der Waals surface area contributed by atoms with Crippen LogP contribution < -0.4 is 5.73 Å². The molecule has 0 radical (unpaired) electrons. The molecular weight excluding hydrogens is 118 g/mol. The van der Waals surface area contributed by atoms with Gasteiger partial charge in [0.25, 0.3) is 0 Å². The molecule has 0 aromatic rings. The minimum Gasteiger partial charge on any atom is -0.480 e. The van der Waals surface area contributed by atoms with Crippen molar-refractivity contribution in [3.05, 3.63) is 0 Å². The van der Waals surface area contributed by atoms with Gasteiger partial charge in [0.15, 0.2) is 0 Å². The maximum atomic E-state index is 10.4. The van der Waals surface area contributed by atoms with Gasteiger partial charge in [-0.05, 0) is 5.41 Å². The summed E-state index contributed by atoms with van der Waals surface area (Å²) < 4.78 is 21.1. The molecular formula is C6H13NO2. The predicted octanol–water partition coefficient (Wildman–Crippen LogP) is 0.444. The number of hydrogen-bond donors (Lipinski definition) is 2. The average Bonchev–Trinajstić information content (AvgIpc) is 1.83. The second-order valence-electron chi connectivity index (χ2n) is 2.54. The lowest BCUT2D eigenvalue weighted by Gasteiger charge is -2.22. The van der Waals surface area contributed by atoms with E-state index in [1.54, 1.807) is 0 Å². The molecule has 0 amide bonds. The summed E-state index contributed by atoms with van der Waals surface area (Å²) in [4.78, 5) is 10.4. The summed E-state index contributed by atoms with van der Waals surface area (Å²) in [7, 11) is 0. The van der Waals surface area contributed by atoms with E-state index in [0.717, 1.165) is 0 Å². The van der Waals surface area contributed by atoms with Gasteiger partial charge in [-0.1, -0.05) is 20.7 Å². The Morgan fingerprint density at radius 1 is 1.89 bits per heavy atom. The van der Waals surface area contributed by atoms with Gasteiger partial charge < -0.3 is 10.8 Å². The smallest absolute Gasteiger partial charge is 0.321 e. The van der Waals surface area contributed by atoms with E-state index in [2.05, 4.69) is 0 Å². The SMILES string of the molecule is [2H]C([2H])([2H])C(C)(C)[C@H](N)C(=O)O. The van der Waals surface area contributed by atoms with Crippen molar-refractivity contribution in [3.63, 3.8) is 0 Å². The minimum absolute atomic E-state index is 1.30. The molecule has 0 saturated carbocycles. The fourth-order valence-corrected chi connectivity index (χ4v) is 0.309. The quantitative estimate of drug-likeness (QED) is 0.547. The summed E-state index contributed by atoms with van der Waals surface area (Å²) in [5, 5.41) is 8.51. The van der Waals surface area contributed by atoms with Crippen molar-refractivity contribution in [2.24, 2.45) is 11.1 Å². The fourth-order valence-electron chi connectivity index (χ4n) is 0.309. The molecule has 54 valence electrons. The molecule has 3 nitrogen and oxygen atoms in total. The van der Waals surface area contributed by atoms with Gasteiger partial charge in [0, 0.05) is 4.11 Å². The van der Waals surface area contributed by atoms with Crippen LogP contribution in [0.5, 0.6) is 0 Å². The third-order valence-electron chi connectivity index (χ3n) is 1.04. The Labute approximate surface area is 59.1 Å². The summed E-state index contributed by atoms with van der Waals surface area (Å²) in [6.07, 6.45) is 0. The highest BCUT2D eigenvalue weighted by Crippen LogP contribution is 2.16. The van der Waals surface area contributed by atoms with E-state index in [1.165, 1.54) is 13.8 Å². The third-order valence-corrected chi connectivity index (χ3v) is 1.04. The number of carboxylic acids is 1. The largest absolute Gasteiger partial charge is 0.480 e. The molecule has 0 spiro atoms. The van der Waals surface area contributed by atoms with Crippen molar-refractivity contribution < 1.29 is 14.0 Å². The molecule has 0 aliphatic heterocycles. The lowest BCUT2D eigenvalue weighted by molar-refractivity contribution is -0.141. The van der Waals surface area contributed by atoms with E-state index in [-0.39, 0.29) is 0 Å². The highest BCUT2D eigenvalue weighted by molar-refractivity contribution is 5.74. The van der Waals surface area contributed by atoms with E-state index >= 15 is 0 Å². The van der Waals surface area contributed by atoms with Gasteiger partial charge in [0.1, 0.15) is 6.04 Å². The van der Waals surface area contributed by atoms with Gasteiger partial charge in [-0.15, -0.1) is 0 Å². The van der Waals surface area contributed by atoms with Gasteiger partial charge in [-0.3, -0.25) is 4.79 Å². The van der Waals surface area contributed by atoms with E-state index in [9.17, 15) is 4.79 Å². The Morgan fingerprint density at radius 2 is 2.33 bits per heavy atom. The van der Waals surface area contributed by atoms with Crippen molar-refractivity contribution >= 4 is 5.97 Å². The summed E-state index contributed by atoms with van der Waals surface area (Å²) in [5.74, 6) is -1.30. The van der Waals surface area contributed by atoms with E-state index in [0.29, 0.717) is 0 Å². The fraction of sp³-hybridized carbons (Fsp3) is 0.833. The van der Waals surface area contributed by atoms with Crippen LogP contribution in [0.25, 0.3) is 0 Å². The van der Waals surface area contributed by atoms with Crippen LogP contribution in [0.15, 0.2) is 0 Å². The molecule has 3 heteroatoms. The third kappa shape index (κ3) is 2.46. The Balaban J connectivity index is 4.73. The molecule has 0 aromatic heterocycles. The predicted molar refractivity (Wildman–Crippen MR) is 35.1 cm³/mol. The molecule has 0 unspecified atom stereocenters. The number of rotatable bonds is 1.